The van der Waals surface area contributed by atoms with Gasteiger partial charge >= 0.3 is 0 Å². The number of carbonyl (C=O) groups excluding carboxylic acids is 1. The third-order valence-electron chi connectivity index (χ3n) is 4.43. The third kappa shape index (κ3) is 4.04. The molecule has 0 spiro atoms. The van der Waals surface area contributed by atoms with Crippen molar-refractivity contribution in [3.8, 4) is 0 Å². The van der Waals surface area contributed by atoms with E-state index >= 15 is 0 Å². The van der Waals surface area contributed by atoms with E-state index in [4.69, 9.17) is 0 Å². The van der Waals surface area contributed by atoms with Crippen molar-refractivity contribution in [2.75, 3.05) is 25.5 Å². The average Bonchev–Trinajstić information content (AvgIpc) is 3.08. The molecule has 24 heavy (non-hydrogen) atoms. The van der Waals surface area contributed by atoms with Gasteiger partial charge in [0.1, 0.15) is 0 Å². The highest BCUT2D eigenvalue weighted by Crippen LogP contribution is 2.31. The molecular formula is C19H24N4O. The molecule has 2 aromatic rings. The van der Waals surface area contributed by atoms with Gasteiger partial charge in [-0.05, 0) is 30.0 Å². The monoisotopic (exact) mass is 324 g/mol. The molecule has 1 aliphatic rings. The number of rotatable bonds is 6. The number of benzene rings is 1. The molecule has 2 N–H and O–H groups in total. The lowest BCUT2D eigenvalue weighted by atomic mass is 9.85. The number of allylic oxidation sites excluding steroid dienone is 2. The van der Waals surface area contributed by atoms with E-state index in [0.29, 0.717) is 6.42 Å². The molecule has 1 aromatic carbocycles. The fourth-order valence-corrected chi connectivity index (χ4v) is 3.08. The summed E-state index contributed by atoms with van der Waals surface area (Å²) in [5.74, 6) is 0.459. The number of anilines is 1. The molecule has 0 aliphatic heterocycles. The van der Waals surface area contributed by atoms with Gasteiger partial charge in [-0.1, -0.05) is 12.1 Å². The zero-order chi connectivity index (χ0) is 16.9. The maximum Gasteiger partial charge on any atom is 0.158 e. The summed E-state index contributed by atoms with van der Waals surface area (Å²) in [5, 5.41) is 3.40. The van der Waals surface area contributed by atoms with Gasteiger partial charge < -0.3 is 15.2 Å². The number of ketones is 1. The van der Waals surface area contributed by atoms with Crippen LogP contribution in [0.1, 0.15) is 30.0 Å². The van der Waals surface area contributed by atoms with Crippen molar-refractivity contribution in [1.82, 2.24) is 15.3 Å². The molecule has 5 heteroatoms. The van der Waals surface area contributed by atoms with E-state index in [-0.39, 0.29) is 11.7 Å². The first kappa shape index (κ1) is 16.3. The van der Waals surface area contributed by atoms with Gasteiger partial charge in [0, 0.05) is 62.8 Å². The van der Waals surface area contributed by atoms with Crippen LogP contribution in [0.15, 0.2) is 48.6 Å². The Morgan fingerprint density at radius 2 is 2.04 bits per heavy atom. The molecule has 0 radical (unpaired) electrons. The lowest BCUT2D eigenvalue weighted by molar-refractivity contribution is -0.115. The average molecular weight is 324 g/mol. The Morgan fingerprint density at radius 1 is 1.25 bits per heavy atom. The Morgan fingerprint density at radius 3 is 2.71 bits per heavy atom. The van der Waals surface area contributed by atoms with E-state index < -0.39 is 0 Å². The minimum absolute atomic E-state index is 0.201. The van der Waals surface area contributed by atoms with Crippen LogP contribution < -0.4 is 10.2 Å². The first-order chi connectivity index (χ1) is 11.6. The predicted molar refractivity (Wildman–Crippen MR) is 96.1 cm³/mol. The molecule has 1 aliphatic carbocycles. The largest absolute Gasteiger partial charge is 0.388 e. The molecule has 0 bridgehead atoms. The van der Waals surface area contributed by atoms with E-state index in [1.165, 1.54) is 11.3 Å². The van der Waals surface area contributed by atoms with Crippen LogP contribution in [0.3, 0.4) is 0 Å². The quantitative estimate of drug-likeness (QED) is 0.857. The van der Waals surface area contributed by atoms with Crippen molar-refractivity contribution in [2.24, 2.45) is 0 Å². The van der Waals surface area contributed by atoms with Gasteiger partial charge in [-0.15, -0.1) is 0 Å². The summed E-state index contributed by atoms with van der Waals surface area (Å²) < 4.78 is 0. The van der Waals surface area contributed by atoms with Gasteiger partial charge in [0.15, 0.2) is 5.78 Å². The number of aromatic amines is 1. The zero-order valence-corrected chi connectivity index (χ0v) is 14.2. The second-order valence-electron chi connectivity index (χ2n) is 6.48. The summed E-state index contributed by atoms with van der Waals surface area (Å²) in [5.41, 5.74) is 4.54. The molecule has 0 saturated carbocycles. The molecule has 1 aromatic heterocycles. The molecule has 5 nitrogen and oxygen atoms in total. The molecule has 3 rings (SSSR count). The second-order valence-corrected chi connectivity index (χ2v) is 6.48. The van der Waals surface area contributed by atoms with E-state index in [1.54, 1.807) is 12.4 Å². The first-order valence-corrected chi connectivity index (χ1v) is 8.33. The molecule has 0 amide bonds. The highest BCUT2D eigenvalue weighted by Gasteiger charge is 2.22. The van der Waals surface area contributed by atoms with Crippen LogP contribution in [0.4, 0.5) is 5.69 Å². The van der Waals surface area contributed by atoms with Crippen LogP contribution in [0, 0.1) is 0 Å². The molecular weight excluding hydrogens is 300 g/mol. The number of nitrogens with one attached hydrogen (secondary N) is 2. The summed E-state index contributed by atoms with van der Waals surface area (Å²) in [4.78, 5) is 21.3. The number of aromatic nitrogens is 2. The number of carbonyl (C=O) groups is 1. The Kier molecular flexibility index (Phi) is 4.99. The Hall–Kier alpha value is -2.56. The third-order valence-corrected chi connectivity index (χ3v) is 4.43. The van der Waals surface area contributed by atoms with Crippen LogP contribution in [-0.2, 0) is 11.2 Å². The summed E-state index contributed by atoms with van der Waals surface area (Å²) in [6.45, 7) is 0.799. The number of hydrogen-bond acceptors (Lipinski definition) is 4. The summed E-state index contributed by atoms with van der Waals surface area (Å²) in [6.07, 6.45) is 7.62. The predicted octanol–water partition coefficient (Wildman–Crippen LogP) is 2.64. The summed E-state index contributed by atoms with van der Waals surface area (Å²) >= 11 is 0. The van der Waals surface area contributed by atoms with Crippen LogP contribution >= 0.6 is 0 Å². The Bertz CT molecular complexity index is 701. The first-order valence-electron chi connectivity index (χ1n) is 8.33. The molecule has 0 fully saturated rings. The Balaban J connectivity index is 1.60. The van der Waals surface area contributed by atoms with Crippen LogP contribution in [-0.4, -0.2) is 36.4 Å². The van der Waals surface area contributed by atoms with E-state index in [1.807, 2.05) is 20.3 Å². The van der Waals surface area contributed by atoms with Crippen molar-refractivity contribution < 1.29 is 4.79 Å². The zero-order valence-electron chi connectivity index (χ0n) is 14.2. The van der Waals surface area contributed by atoms with Crippen molar-refractivity contribution in [1.29, 1.82) is 0 Å². The molecule has 126 valence electrons. The SMILES string of the molecule is CN(C)c1ccc([C@H]2CC(=O)C=C(NCCc3cnc[nH]3)C2)cc1. The van der Waals surface area contributed by atoms with E-state index in [0.717, 1.165) is 30.8 Å². The fraction of sp³-hybridized carbons (Fsp3) is 0.368. The van der Waals surface area contributed by atoms with Gasteiger partial charge in [-0.2, -0.15) is 0 Å². The van der Waals surface area contributed by atoms with Crippen LogP contribution in [0.2, 0.25) is 0 Å². The topological polar surface area (TPSA) is 61.0 Å². The van der Waals surface area contributed by atoms with Crippen LogP contribution in [0.25, 0.3) is 0 Å². The smallest absolute Gasteiger partial charge is 0.158 e. The molecule has 1 atom stereocenters. The normalized spacial score (nSPS) is 17.5. The highest BCUT2D eigenvalue weighted by atomic mass is 16.1. The number of hydrogen-bond donors (Lipinski definition) is 2. The maximum absolute atomic E-state index is 12.1. The molecule has 0 unspecified atom stereocenters. The van der Waals surface area contributed by atoms with Crippen molar-refractivity contribution >= 4 is 11.5 Å². The highest BCUT2D eigenvalue weighted by molar-refractivity contribution is 5.92. The number of H-pyrrole nitrogens is 1. The molecule has 1 heterocycles. The molecule has 0 saturated heterocycles. The fourth-order valence-electron chi connectivity index (χ4n) is 3.08. The second kappa shape index (κ2) is 7.34. The van der Waals surface area contributed by atoms with Gasteiger partial charge in [0.05, 0.1) is 6.33 Å². The van der Waals surface area contributed by atoms with Gasteiger partial charge in [0.25, 0.3) is 0 Å². The van der Waals surface area contributed by atoms with E-state index in [9.17, 15) is 4.79 Å². The maximum atomic E-state index is 12.1. The minimum atomic E-state index is 0.201. The van der Waals surface area contributed by atoms with E-state index in [2.05, 4.69) is 44.5 Å². The van der Waals surface area contributed by atoms with Gasteiger partial charge in [-0.3, -0.25) is 4.79 Å². The lowest BCUT2D eigenvalue weighted by Gasteiger charge is -2.24. The standard InChI is InChI=1S/C19H24N4O/c1-23(2)18-5-3-14(4-6-18)15-9-17(11-19(24)10-15)21-8-7-16-12-20-13-22-16/h3-6,11-13,15,21H,7-10H2,1-2H3,(H,20,22)/t15-/m1/s1. The minimum Gasteiger partial charge on any atom is -0.388 e. The van der Waals surface area contributed by atoms with Gasteiger partial charge in [0.2, 0.25) is 0 Å². The van der Waals surface area contributed by atoms with Gasteiger partial charge in [-0.25, -0.2) is 4.98 Å². The van der Waals surface area contributed by atoms with Crippen molar-refractivity contribution in [2.45, 2.75) is 25.2 Å². The lowest BCUT2D eigenvalue weighted by Crippen LogP contribution is -2.24. The van der Waals surface area contributed by atoms with Crippen molar-refractivity contribution in [3.05, 3.63) is 59.8 Å². The van der Waals surface area contributed by atoms with Crippen molar-refractivity contribution in [3.63, 3.8) is 0 Å². The van der Waals surface area contributed by atoms with Crippen LogP contribution in [0.5, 0.6) is 0 Å². The summed E-state index contributed by atoms with van der Waals surface area (Å²) in [6, 6.07) is 8.51. The summed E-state index contributed by atoms with van der Waals surface area (Å²) in [7, 11) is 4.06. The number of imidazole rings is 1. The number of nitrogens with zero attached hydrogens (tertiary/aromatic N) is 2. The Labute approximate surface area is 142 Å².